The van der Waals surface area contributed by atoms with Crippen LogP contribution in [0.25, 0.3) is 11.3 Å². The van der Waals surface area contributed by atoms with E-state index in [2.05, 4.69) is 63.3 Å². The van der Waals surface area contributed by atoms with Gasteiger partial charge in [0.2, 0.25) is 0 Å². The standard InChI is InChI=1S/C18H25NO/c1-5-11-19-14(3)12-16-9-10-18(20-16)17-8-6-7-13(2)15(17)4/h6-10,14,19H,5,11-12H2,1-4H3. The van der Waals surface area contributed by atoms with Crippen molar-refractivity contribution in [2.75, 3.05) is 6.54 Å². The van der Waals surface area contributed by atoms with Crippen molar-refractivity contribution in [3.63, 3.8) is 0 Å². The summed E-state index contributed by atoms with van der Waals surface area (Å²) in [5, 5.41) is 3.49. The smallest absolute Gasteiger partial charge is 0.134 e. The Bertz CT molecular complexity index is 556. The van der Waals surface area contributed by atoms with Crippen molar-refractivity contribution in [2.45, 2.75) is 46.6 Å². The van der Waals surface area contributed by atoms with Gasteiger partial charge in [-0.3, -0.25) is 0 Å². The quantitative estimate of drug-likeness (QED) is 0.837. The van der Waals surface area contributed by atoms with E-state index < -0.39 is 0 Å². The Hall–Kier alpha value is -1.54. The molecule has 0 radical (unpaired) electrons. The molecule has 2 aromatic rings. The van der Waals surface area contributed by atoms with Gasteiger partial charge in [0.25, 0.3) is 0 Å². The number of aryl methyl sites for hydroxylation is 1. The first-order chi connectivity index (χ1) is 9.61. The molecule has 0 saturated heterocycles. The highest BCUT2D eigenvalue weighted by molar-refractivity contribution is 5.63. The predicted molar refractivity (Wildman–Crippen MR) is 85.1 cm³/mol. The lowest BCUT2D eigenvalue weighted by Gasteiger charge is -2.11. The predicted octanol–water partition coefficient (Wildman–Crippen LogP) is 4.49. The SMILES string of the molecule is CCCNC(C)Cc1ccc(-c2cccc(C)c2C)o1. The number of hydrogen-bond donors (Lipinski definition) is 1. The Kier molecular flexibility index (Phi) is 5.02. The first-order valence-corrected chi connectivity index (χ1v) is 7.50. The molecule has 0 amide bonds. The minimum Gasteiger partial charge on any atom is -0.461 e. The molecule has 0 fully saturated rings. The fourth-order valence-electron chi connectivity index (χ4n) is 2.42. The highest BCUT2D eigenvalue weighted by Crippen LogP contribution is 2.27. The van der Waals surface area contributed by atoms with Crippen molar-refractivity contribution in [1.29, 1.82) is 0 Å². The van der Waals surface area contributed by atoms with Crippen molar-refractivity contribution in [3.8, 4) is 11.3 Å². The molecule has 0 aliphatic rings. The average Bonchev–Trinajstić information content (AvgIpc) is 2.88. The monoisotopic (exact) mass is 271 g/mol. The molecule has 2 nitrogen and oxygen atoms in total. The summed E-state index contributed by atoms with van der Waals surface area (Å²) < 4.78 is 6.02. The van der Waals surface area contributed by atoms with Gasteiger partial charge in [0.15, 0.2) is 0 Å². The molecule has 0 aliphatic carbocycles. The van der Waals surface area contributed by atoms with Gasteiger partial charge in [-0.25, -0.2) is 0 Å². The fraction of sp³-hybridized carbons (Fsp3) is 0.444. The summed E-state index contributed by atoms with van der Waals surface area (Å²) in [4.78, 5) is 0. The molecule has 0 bridgehead atoms. The lowest BCUT2D eigenvalue weighted by atomic mass is 10.0. The van der Waals surface area contributed by atoms with Crippen molar-refractivity contribution in [3.05, 3.63) is 47.2 Å². The van der Waals surface area contributed by atoms with Crippen LogP contribution in [-0.4, -0.2) is 12.6 Å². The number of furan rings is 1. The number of rotatable bonds is 6. The number of hydrogen-bond acceptors (Lipinski definition) is 2. The summed E-state index contributed by atoms with van der Waals surface area (Å²) in [5.41, 5.74) is 3.80. The van der Waals surface area contributed by atoms with E-state index in [1.54, 1.807) is 0 Å². The van der Waals surface area contributed by atoms with E-state index in [0.717, 1.165) is 30.9 Å². The second-order valence-electron chi connectivity index (χ2n) is 5.57. The van der Waals surface area contributed by atoms with Crippen molar-refractivity contribution in [1.82, 2.24) is 5.32 Å². The Morgan fingerprint density at radius 2 is 1.95 bits per heavy atom. The van der Waals surface area contributed by atoms with Gasteiger partial charge in [-0.2, -0.15) is 0 Å². The van der Waals surface area contributed by atoms with Crippen LogP contribution >= 0.6 is 0 Å². The molecule has 20 heavy (non-hydrogen) atoms. The van der Waals surface area contributed by atoms with Gasteiger partial charge in [0.1, 0.15) is 11.5 Å². The van der Waals surface area contributed by atoms with Crippen molar-refractivity contribution < 1.29 is 4.42 Å². The van der Waals surface area contributed by atoms with Crippen LogP contribution in [0.3, 0.4) is 0 Å². The van der Waals surface area contributed by atoms with Crippen LogP contribution in [0.4, 0.5) is 0 Å². The van der Waals surface area contributed by atoms with E-state index in [1.807, 2.05) is 0 Å². The molecule has 0 saturated carbocycles. The first kappa shape index (κ1) is 14.9. The van der Waals surface area contributed by atoms with E-state index in [0.29, 0.717) is 6.04 Å². The molecule has 2 heteroatoms. The average molecular weight is 271 g/mol. The molecule has 1 heterocycles. The largest absolute Gasteiger partial charge is 0.461 e. The van der Waals surface area contributed by atoms with E-state index in [4.69, 9.17) is 4.42 Å². The highest BCUT2D eigenvalue weighted by atomic mass is 16.3. The Labute approximate surface area is 122 Å². The maximum absolute atomic E-state index is 6.02. The zero-order chi connectivity index (χ0) is 14.5. The van der Waals surface area contributed by atoms with Crippen LogP contribution in [0.15, 0.2) is 34.7 Å². The van der Waals surface area contributed by atoms with Crippen molar-refractivity contribution in [2.24, 2.45) is 0 Å². The van der Waals surface area contributed by atoms with E-state index >= 15 is 0 Å². The van der Waals surface area contributed by atoms with Gasteiger partial charge in [-0.1, -0.05) is 25.1 Å². The summed E-state index contributed by atoms with van der Waals surface area (Å²) in [6, 6.07) is 11.0. The normalized spacial score (nSPS) is 12.6. The van der Waals surface area contributed by atoms with Gasteiger partial charge < -0.3 is 9.73 Å². The molecule has 1 N–H and O–H groups in total. The van der Waals surface area contributed by atoms with Gasteiger partial charge >= 0.3 is 0 Å². The third kappa shape index (κ3) is 3.51. The van der Waals surface area contributed by atoms with Gasteiger partial charge in [-0.05, 0) is 57.0 Å². The second-order valence-corrected chi connectivity index (χ2v) is 5.57. The maximum Gasteiger partial charge on any atom is 0.134 e. The molecule has 1 aromatic heterocycles. The van der Waals surface area contributed by atoms with Crippen LogP contribution in [0.1, 0.15) is 37.2 Å². The molecule has 1 aromatic carbocycles. The van der Waals surface area contributed by atoms with E-state index in [9.17, 15) is 0 Å². The molecule has 1 atom stereocenters. The topological polar surface area (TPSA) is 25.2 Å². The molecule has 1 unspecified atom stereocenters. The lowest BCUT2D eigenvalue weighted by molar-refractivity contribution is 0.464. The molecular weight excluding hydrogens is 246 g/mol. The lowest BCUT2D eigenvalue weighted by Crippen LogP contribution is -2.28. The first-order valence-electron chi connectivity index (χ1n) is 7.50. The molecule has 0 spiro atoms. The van der Waals surface area contributed by atoms with Crippen LogP contribution in [0, 0.1) is 13.8 Å². The minimum absolute atomic E-state index is 0.451. The third-order valence-electron chi connectivity index (χ3n) is 3.78. The van der Waals surface area contributed by atoms with Gasteiger partial charge in [0.05, 0.1) is 0 Å². The third-order valence-corrected chi connectivity index (χ3v) is 3.78. The van der Waals surface area contributed by atoms with E-state index in [1.165, 1.54) is 16.7 Å². The van der Waals surface area contributed by atoms with Crippen LogP contribution in [0.2, 0.25) is 0 Å². The van der Waals surface area contributed by atoms with Crippen LogP contribution in [-0.2, 0) is 6.42 Å². The Morgan fingerprint density at radius 3 is 2.70 bits per heavy atom. The summed E-state index contributed by atoms with van der Waals surface area (Å²) >= 11 is 0. The molecule has 0 aliphatic heterocycles. The summed E-state index contributed by atoms with van der Waals surface area (Å²) in [7, 11) is 0. The Morgan fingerprint density at radius 1 is 1.15 bits per heavy atom. The zero-order valence-electron chi connectivity index (χ0n) is 13.0. The van der Waals surface area contributed by atoms with Crippen LogP contribution < -0.4 is 5.32 Å². The van der Waals surface area contributed by atoms with Gasteiger partial charge in [0, 0.05) is 18.0 Å². The number of benzene rings is 1. The molecular formula is C18H25NO. The summed E-state index contributed by atoms with van der Waals surface area (Å²) in [5.74, 6) is 2.03. The van der Waals surface area contributed by atoms with E-state index in [-0.39, 0.29) is 0 Å². The Balaban J connectivity index is 2.11. The minimum atomic E-state index is 0.451. The number of nitrogens with one attached hydrogen (secondary N) is 1. The molecule has 108 valence electrons. The fourth-order valence-corrected chi connectivity index (χ4v) is 2.42. The van der Waals surface area contributed by atoms with Gasteiger partial charge in [-0.15, -0.1) is 0 Å². The summed E-state index contributed by atoms with van der Waals surface area (Å²) in [6.45, 7) is 9.74. The van der Waals surface area contributed by atoms with Crippen molar-refractivity contribution >= 4 is 0 Å². The highest BCUT2D eigenvalue weighted by Gasteiger charge is 2.10. The van der Waals surface area contributed by atoms with Crippen LogP contribution in [0.5, 0.6) is 0 Å². The molecule has 2 rings (SSSR count). The second kappa shape index (κ2) is 6.76. The maximum atomic E-state index is 6.02. The summed E-state index contributed by atoms with van der Waals surface area (Å²) in [6.07, 6.45) is 2.10. The zero-order valence-corrected chi connectivity index (χ0v) is 13.0.